The van der Waals surface area contributed by atoms with E-state index in [9.17, 15) is 9.18 Å². The molecule has 0 spiro atoms. The van der Waals surface area contributed by atoms with E-state index in [1.807, 2.05) is 6.92 Å². The summed E-state index contributed by atoms with van der Waals surface area (Å²) in [7, 11) is 0. The SMILES string of the molecule is C#CCNCC(=O)NC(C)c1ccc(C)c(F)c1. The van der Waals surface area contributed by atoms with Crippen LogP contribution in [0.2, 0.25) is 0 Å². The Kier molecular flexibility index (Phi) is 5.34. The number of amides is 1. The van der Waals surface area contributed by atoms with Crippen LogP contribution in [0.25, 0.3) is 0 Å². The second-order valence-corrected chi connectivity index (χ2v) is 4.11. The first-order chi connectivity index (χ1) is 8.54. The highest BCUT2D eigenvalue weighted by molar-refractivity contribution is 5.78. The average Bonchev–Trinajstić information content (AvgIpc) is 2.33. The molecule has 2 N–H and O–H groups in total. The number of carbonyl (C=O) groups excluding carboxylic acids is 1. The second-order valence-electron chi connectivity index (χ2n) is 4.11. The van der Waals surface area contributed by atoms with Gasteiger partial charge in [-0.3, -0.25) is 10.1 Å². The molecule has 0 heterocycles. The van der Waals surface area contributed by atoms with Crippen molar-refractivity contribution in [3.05, 3.63) is 35.1 Å². The number of halogens is 1. The van der Waals surface area contributed by atoms with Gasteiger partial charge in [-0.15, -0.1) is 6.42 Å². The predicted octanol–water partition coefficient (Wildman–Crippen LogP) is 1.53. The molecular formula is C14H17FN2O. The first-order valence-electron chi connectivity index (χ1n) is 5.74. The van der Waals surface area contributed by atoms with Crippen LogP contribution in [0, 0.1) is 25.1 Å². The Hall–Kier alpha value is -1.86. The van der Waals surface area contributed by atoms with E-state index in [-0.39, 0.29) is 24.3 Å². The maximum absolute atomic E-state index is 13.4. The highest BCUT2D eigenvalue weighted by atomic mass is 19.1. The Balaban J connectivity index is 2.54. The highest BCUT2D eigenvalue weighted by Crippen LogP contribution is 2.15. The fourth-order valence-corrected chi connectivity index (χ4v) is 1.50. The van der Waals surface area contributed by atoms with Crippen LogP contribution in [0.15, 0.2) is 18.2 Å². The van der Waals surface area contributed by atoms with Gasteiger partial charge in [0.15, 0.2) is 0 Å². The molecule has 0 saturated carbocycles. The summed E-state index contributed by atoms with van der Waals surface area (Å²) in [5.74, 6) is 1.95. The normalized spacial score (nSPS) is 11.7. The van der Waals surface area contributed by atoms with E-state index in [4.69, 9.17) is 6.42 Å². The fourth-order valence-electron chi connectivity index (χ4n) is 1.50. The van der Waals surface area contributed by atoms with Crippen molar-refractivity contribution in [1.29, 1.82) is 0 Å². The van der Waals surface area contributed by atoms with Crippen molar-refractivity contribution in [2.24, 2.45) is 0 Å². The zero-order valence-electron chi connectivity index (χ0n) is 10.6. The molecule has 1 rings (SSSR count). The van der Waals surface area contributed by atoms with Crippen molar-refractivity contribution < 1.29 is 9.18 Å². The van der Waals surface area contributed by atoms with Crippen LogP contribution in [0.3, 0.4) is 0 Å². The molecule has 0 aliphatic heterocycles. The summed E-state index contributed by atoms with van der Waals surface area (Å²) in [5, 5.41) is 5.55. The summed E-state index contributed by atoms with van der Waals surface area (Å²) in [6.07, 6.45) is 5.05. The van der Waals surface area contributed by atoms with E-state index < -0.39 is 0 Å². The summed E-state index contributed by atoms with van der Waals surface area (Å²) >= 11 is 0. The average molecular weight is 248 g/mol. The number of aryl methyl sites for hydroxylation is 1. The molecule has 1 amide bonds. The molecule has 4 heteroatoms. The summed E-state index contributed by atoms with van der Waals surface area (Å²) in [4.78, 5) is 11.5. The van der Waals surface area contributed by atoms with E-state index in [1.54, 1.807) is 19.1 Å². The predicted molar refractivity (Wildman–Crippen MR) is 69.4 cm³/mol. The molecule has 1 atom stereocenters. The summed E-state index contributed by atoms with van der Waals surface area (Å²) in [6.45, 7) is 4.01. The first-order valence-corrected chi connectivity index (χ1v) is 5.74. The van der Waals surface area contributed by atoms with Crippen LogP contribution in [0.5, 0.6) is 0 Å². The monoisotopic (exact) mass is 248 g/mol. The molecule has 1 aromatic rings. The minimum absolute atomic E-state index is 0.156. The van der Waals surface area contributed by atoms with Crippen LogP contribution in [0.1, 0.15) is 24.1 Å². The van der Waals surface area contributed by atoms with E-state index in [0.717, 1.165) is 5.56 Å². The maximum Gasteiger partial charge on any atom is 0.234 e. The van der Waals surface area contributed by atoms with Crippen LogP contribution in [-0.2, 0) is 4.79 Å². The van der Waals surface area contributed by atoms with Crippen molar-refractivity contribution >= 4 is 5.91 Å². The van der Waals surface area contributed by atoms with E-state index in [2.05, 4.69) is 16.6 Å². The zero-order valence-corrected chi connectivity index (χ0v) is 10.6. The molecule has 18 heavy (non-hydrogen) atoms. The number of hydrogen-bond donors (Lipinski definition) is 2. The fraction of sp³-hybridized carbons (Fsp3) is 0.357. The van der Waals surface area contributed by atoms with Gasteiger partial charge < -0.3 is 5.32 Å². The Morgan fingerprint density at radius 3 is 2.89 bits per heavy atom. The Morgan fingerprint density at radius 2 is 2.28 bits per heavy atom. The number of carbonyl (C=O) groups is 1. The van der Waals surface area contributed by atoms with Gasteiger partial charge in [0, 0.05) is 0 Å². The molecule has 0 radical (unpaired) electrons. The summed E-state index contributed by atoms with van der Waals surface area (Å²) in [6, 6.07) is 4.71. The topological polar surface area (TPSA) is 41.1 Å². The zero-order chi connectivity index (χ0) is 13.5. The number of rotatable bonds is 5. The highest BCUT2D eigenvalue weighted by Gasteiger charge is 2.10. The summed E-state index contributed by atoms with van der Waals surface area (Å²) in [5.41, 5.74) is 1.33. The van der Waals surface area contributed by atoms with Gasteiger partial charge in [0.1, 0.15) is 5.82 Å². The third kappa shape index (κ3) is 4.19. The van der Waals surface area contributed by atoms with Crippen LogP contribution < -0.4 is 10.6 Å². The largest absolute Gasteiger partial charge is 0.348 e. The standard InChI is InChI=1S/C14H17FN2O/c1-4-7-16-9-14(18)17-11(3)12-6-5-10(2)13(15)8-12/h1,5-6,8,11,16H,7,9H2,2-3H3,(H,17,18). The molecular weight excluding hydrogens is 231 g/mol. The van der Waals surface area contributed by atoms with E-state index >= 15 is 0 Å². The lowest BCUT2D eigenvalue weighted by Crippen LogP contribution is -2.35. The molecule has 1 aromatic carbocycles. The van der Waals surface area contributed by atoms with Gasteiger partial charge in [-0.25, -0.2) is 4.39 Å². The third-order valence-electron chi connectivity index (χ3n) is 2.59. The van der Waals surface area contributed by atoms with Crippen molar-refractivity contribution in [2.75, 3.05) is 13.1 Å². The number of hydrogen-bond acceptors (Lipinski definition) is 2. The van der Waals surface area contributed by atoms with Crippen LogP contribution in [-0.4, -0.2) is 19.0 Å². The lowest BCUT2D eigenvalue weighted by molar-refractivity contribution is -0.120. The van der Waals surface area contributed by atoms with E-state index in [0.29, 0.717) is 12.1 Å². The first kappa shape index (κ1) is 14.2. The lowest BCUT2D eigenvalue weighted by atomic mass is 10.1. The van der Waals surface area contributed by atoms with Gasteiger partial charge in [-0.05, 0) is 31.0 Å². The van der Waals surface area contributed by atoms with Gasteiger partial charge in [0.05, 0.1) is 19.1 Å². The molecule has 0 aliphatic rings. The molecule has 96 valence electrons. The van der Waals surface area contributed by atoms with Crippen molar-refractivity contribution in [3.8, 4) is 12.3 Å². The quantitative estimate of drug-likeness (QED) is 0.613. The van der Waals surface area contributed by atoms with Gasteiger partial charge in [-0.2, -0.15) is 0 Å². The van der Waals surface area contributed by atoms with Gasteiger partial charge in [-0.1, -0.05) is 18.1 Å². The number of benzene rings is 1. The molecule has 1 unspecified atom stereocenters. The van der Waals surface area contributed by atoms with E-state index in [1.165, 1.54) is 6.07 Å². The van der Waals surface area contributed by atoms with Crippen LogP contribution >= 0.6 is 0 Å². The molecule has 0 aromatic heterocycles. The molecule has 0 aliphatic carbocycles. The maximum atomic E-state index is 13.4. The smallest absolute Gasteiger partial charge is 0.234 e. The van der Waals surface area contributed by atoms with Gasteiger partial charge in [0.25, 0.3) is 0 Å². The van der Waals surface area contributed by atoms with Crippen molar-refractivity contribution in [3.63, 3.8) is 0 Å². The Labute approximate surface area is 107 Å². The van der Waals surface area contributed by atoms with Gasteiger partial charge >= 0.3 is 0 Å². The number of nitrogens with one attached hydrogen (secondary N) is 2. The van der Waals surface area contributed by atoms with Crippen molar-refractivity contribution in [1.82, 2.24) is 10.6 Å². The third-order valence-corrected chi connectivity index (χ3v) is 2.59. The Morgan fingerprint density at radius 1 is 1.56 bits per heavy atom. The summed E-state index contributed by atoms with van der Waals surface area (Å²) < 4.78 is 13.4. The van der Waals surface area contributed by atoms with Crippen molar-refractivity contribution in [2.45, 2.75) is 19.9 Å². The Bertz CT molecular complexity index is 465. The minimum Gasteiger partial charge on any atom is -0.348 e. The molecule has 0 bridgehead atoms. The second kappa shape index (κ2) is 6.77. The minimum atomic E-state index is -0.265. The molecule has 0 fully saturated rings. The van der Waals surface area contributed by atoms with Gasteiger partial charge in [0.2, 0.25) is 5.91 Å². The number of terminal acetylenes is 1. The van der Waals surface area contributed by atoms with Crippen LogP contribution in [0.4, 0.5) is 4.39 Å². The lowest BCUT2D eigenvalue weighted by Gasteiger charge is -2.15. The molecule has 0 saturated heterocycles. The molecule has 3 nitrogen and oxygen atoms in total.